The van der Waals surface area contributed by atoms with Gasteiger partial charge in [-0.3, -0.25) is 4.79 Å². The molecule has 0 aliphatic heterocycles. The van der Waals surface area contributed by atoms with Gasteiger partial charge in [-0.2, -0.15) is 5.26 Å². The Balaban J connectivity index is 1.72. The Morgan fingerprint density at radius 2 is 1.93 bits per heavy atom. The van der Waals surface area contributed by atoms with E-state index < -0.39 is 5.97 Å². The summed E-state index contributed by atoms with van der Waals surface area (Å²) in [4.78, 5) is 28.7. The molecule has 0 saturated heterocycles. The Labute approximate surface area is 168 Å². The van der Waals surface area contributed by atoms with E-state index in [0.717, 1.165) is 0 Å². The van der Waals surface area contributed by atoms with Crippen LogP contribution in [0.25, 0.3) is 0 Å². The maximum absolute atomic E-state index is 12.4. The zero-order valence-electron chi connectivity index (χ0n) is 15.7. The summed E-state index contributed by atoms with van der Waals surface area (Å²) in [6, 6.07) is 18.9. The maximum atomic E-state index is 12.4. The lowest BCUT2D eigenvalue weighted by molar-refractivity contribution is 0.0527. The van der Waals surface area contributed by atoms with Gasteiger partial charge in [-0.15, -0.1) is 0 Å². The number of amides is 1. The first-order valence-electron chi connectivity index (χ1n) is 8.91. The minimum Gasteiger partial charge on any atom is -0.462 e. The average molecular weight is 386 g/mol. The van der Waals surface area contributed by atoms with E-state index in [1.165, 1.54) is 6.20 Å². The standard InChI is InChI=1S/C22H18N4O3/c1-2-29-22(28)18-8-3-4-9-19(18)26-20-11-10-16(14-24-20)21(27)25-17-7-5-6-15(12-17)13-23/h3-12,14H,2H2,1H3,(H,24,26)(H,25,27). The van der Waals surface area contributed by atoms with E-state index in [4.69, 9.17) is 10.00 Å². The number of aromatic nitrogens is 1. The number of nitriles is 1. The fraction of sp³-hybridized carbons (Fsp3) is 0.0909. The normalized spacial score (nSPS) is 9.93. The molecule has 1 amide bonds. The molecule has 0 bridgehead atoms. The topological polar surface area (TPSA) is 104 Å². The highest BCUT2D eigenvalue weighted by atomic mass is 16.5. The van der Waals surface area contributed by atoms with Crippen molar-refractivity contribution in [2.75, 3.05) is 17.2 Å². The van der Waals surface area contributed by atoms with Gasteiger partial charge in [0.15, 0.2) is 0 Å². The number of hydrogen-bond donors (Lipinski definition) is 2. The number of esters is 1. The Morgan fingerprint density at radius 3 is 2.66 bits per heavy atom. The molecule has 3 aromatic rings. The third kappa shape index (κ3) is 4.96. The van der Waals surface area contributed by atoms with Gasteiger partial charge in [-0.05, 0) is 49.4 Å². The van der Waals surface area contributed by atoms with Crippen LogP contribution in [0, 0.1) is 11.3 Å². The molecule has 0 aliphatic carbocycles. The molecule has 2 aromatic carbocycles. The second-order valence-corrected chi connectivity index (χ2v) is 5.97. The number of carbonyl (C=O) groups is 2. The zero-order valence-corrected chi connectivity index (χ0v) is 15.7. The molecule has 0 fully saturated rings. The van der Waals surface area contributed by atoms with Crippen LogP contribution in [0.2, 0.25) is 0 Å². The highest BCUT2D eigenvalue weighted by molar-refractivity contribution is 6.04. The molecule has 0 atom stereocenters. The van der Waals surface area contributed by atoms with Crippen LogP contribution in [0.1, 0.15) is 33.2 Å². The van der Waals surface area contributed by atoms with E-state index in [2.05, 4.69) is 15.6 Å². The second-order valence-electron chi connectivity index (χ2n) is 5.97. The van der Waals surface area contributed by atoms with Crippen LogP contribution in [0.3, 0.4) is 0 Å². The summed E-state index contributed by atoms with van der Waals surface area (Å²) >= 11 is 0. The predicted molar refractivity (Wildman–Crippen MR) is 109 cm³/mol. The maximum Gasteiger partial charge on any atom is 0.340 e. The Bertz CT molecular complexity index is 1070. The highest BCUT2D eigenvalue weighted by Gasteiger charge is 2.13. The number of nitrogens with one attached hydrogen (secondary N) is 2. The van der Waals surface area contributed by atoms with Gasteiger partial charge < -0.3 is 15.4 Å². The van der Waals surface area contributed by atoms with Crippen molar-refractivity contribution in [2.45, 2.75) is 6.92 Å². The number of hydrogen-bond acceptors (Lipinski definition) is 6. The molecule has 1 heterocycles. The van der Waals surface area contributed by atoms with Crippen LogP contribution in [-0.2, 0) is 4.74 Å². The molecule has 29 heavy (non-hydrogen) atoms. The minimum absolute atomic E-state index is 0.284. The fourth-order valence-corrected chi connectivity index (χ4v) is 2.59. The van der Waals surface area contributed by atoms with Crippen molar-refractivity contribution in [3.8, 4) is 6.07 Å². The molecule has 0 spiro atoms. The zero-order chi connectivity index (χ0) is 20.6. The summed E-state index contributed by atoms with van der Waals surface area (Å²) in [5, 5.41) is 14.7. The fourth-order valence-electron chi connectivity index (χ4n) is 2.59. The van der Waals surface area contributed by atoms with Crippen LogP contribution < -0.4 is 10.6 Å². The van der Waals surface area contributed by atoms with Crippen molar-refractivity contribution in [3.63, 3.8) is 0 Å². The highest BCUT2D eigenvalue weighted by Crippen LogP contribution is 2.21. The number of nitrogens with zero attached hydrogens (tertiary/aromatic N) is 2. The molecule has 2 N–H and O–H groups in total. The summed E-state index contributed by atoms with van der Waals surface area (Å²) in [6.45, 7) is 2.03. The largest absolute Gasteiger partial charge is 0.462 e. The summed E-state index contributed by atoms with van der Waals surface area (Å²) in [5.74, 6) is -0.290. The first kappa shape index (κ1) is 19.6. The summed E-state index contributed by atoms with van der Waals surface area (Å²) in [7, 11) is 0. The van der Waals surface area contributed by atoms with Crippen LogP contribution in [0.15, 0.2) is 66.9 Å². The van der Waals surface area contributed by atoms with Crippen molar-refractivity contribution < 1.29 is 14.3 Å². The third-order valence-electron chi connectivity index (χ3n) is 3.96. The van der Waals surface area contributed by atoms with Gasteiger partial charge in [-0.1, -0.05) is 18.2 Å². The van der Waals surface area contributed by atoms with E-state index in [0.29, 0.717) is 33.9 Å². The Kier molecular flexibility index (Phi) is 6.18. The number of ether oxygens (including phenoxy) is 1. The molecule has 0 radical (unpaired) electrons. The molecule has 7 heteroatoms. The van der Waals surface area contributed by atoms with Crippen LogP contribution in [0.4, 0.5) is 17.2 Å². The van der Waals surface area contributed by atoms with Crippen LogP contribution in [0.5, 0.6) is 0 Å². The molecule has 0 unspecified atom stereocenters. The lowest BCUT2D eigenvalue weighted by Crippen LogP contribution is -2.12. The van der Waals surface area contributed by atoms with E-state index in [1.54, 1.807) is 67.6 Å². The average Bonchev–Trinajstić information content (AvgIpc) is 2.75. The van der Waals surface area contributed by atoms with Crippen molar-refractivity contribution in [1.82, 2.24) is 4.98 Å². The predicted octanol–water partition coefficient (Wildman–Crippen LogP) is 4.13. The molecular formula is C22H18N4O3. The molecular weight excluding hydrogens is 368 g/mol. The minimum atomic E-state index is -0.425. The van der Waals surface area contributed by atoms with Gasteiger partial charge in [0.05, 0.1) is 35.1 Å². The molecule has 1 aromatic heterocycles. The van der Waals surface area contributed by atoms with E-state index in [-0.39, 0.29) is 12.5 Å². The van der Waals surface area contributed by atoms with E-state index >= 15 is 0 Å². The van der Waals surface area contributed by atoms with E-state index in [9.17, 15) is 9.59 Å². The smallest absolute Gasteiger partial charge is 0.340 e. The van der Waals surface area contributed by atoms with Gasteiger partial charge in [0.2, 0.25) is 0 Å². The van der Waals surface area contributed by atoms with Gasteiger partial charge >= 0.3 is 5.97 Å². The quantitative estimate of drug-likeness (QED) is 0.618. The van der Waals surface area contributed by atoms with Gasteiger partial charge in [0.25, 0.3) is 5.91 Å². The molecule has 144 valence electrons. The molecule has 3 rings (SSSR count). The van der Waals surface area contributed by atoms with Crippen molar-refractivity contribution in [3.05, 3.63) is 83.6 Å². The number of anilines is 3. The number of pyridine rings is 1. The van der Waals surface area contributed by atoms with Crippen LogP contribution in [-0.4, -0.2) is 23.5 Å². The van der Waals surface area contributed by atoms with E-state index in [1.807, 2.05) is 6.07 Å². The third-order valence-corrected chi connectivity index (χ3v) is 3.96. The molecule has 7 nitrogen and oxygen atoms in total. The van der Waals surface area contributed by atoms with Gasteiger partial charge in [0, 0.05) is 11.9 Å². The molecule has 0 aliphatic rings. The van der Waals surface area contributed by atoms with Crippen molar-refractivity contribution >= 4 is 29.1 Å². The van der Waals surface area contributed by atoms with Crippen molar-refractivity contribution in [2.24, 2.45) is 0 Å². The summed E-state index contributed by atoms with van der Waals surface area (Å²) in [5.41, 5.74) is 2.30. The monoisotopic (exact) mass is 386 g/mol. The summed E-state index contributed by atoms with van der Waals surface area (Å²) < 4.78 is 5.06. The lowest BCUT2D eigenvalue weighted by atomic mass is 10.1. The number of benzene rings is 2. The van der Waals surface area contributed by atoms with Gasteiger partial charge in [-0.25, -0.2) is 9.78 Å². The summed E-state index contributed by atoms with van der Waals surface area (Å²) in [6.07, 6.45) is 1.43. The Morgan fingerprint density at radius 1 is 1.10 bits per heavy atom. The van der Waals surface area contributed by atoms with Crippen LogP contribution >= 0.6 is 0 Å². The number of carbonyl (C=O) groups excluding carboxylic acids is 2. The lowest BCUT2D eigenvalue weighted by Gasteiger charge is -2.11. The first-order chi connectivity index (χ1) is 14.1. The number of rotatable bonds is 6. The SMILES string of the molecule is CCOC(=O)c1ccccc1Nc1ccc(C(=O)Nc2cccc(C#N)c2)cn1. The number of para-hydroxylation sites is 1. The first-order valence-corrected chi connectivity index (χ1v) is 8.91. The van der Waals surface area contributed by atoms with Crippen molar-refractivity contribution in [1.29, 1.82) is 5.26 Å². The molecule has 0 saturated carbocycles. The second kappa shape index (κ2) is 9.15. The Hall–Kier alpha value is -4.18. The van der Waals surface area contributed by atoms with Gasteiger partial charge in [0.1, 0.15) is 5.82 Å².